The summed E-state index contributed by atoms with van der Waals surface area (Å²) in [7, 11) is 1.76. The summed E-state index contributed by atoms with van der Waals surface area (Å²) in [6.07, 6.45) is 5.08. The van der Waals surface area contributed by atoms with Gasteiger partial charge in [0.25, 0.3) is 5.91 Å². The highest BCUT2D eigenvalue weighted by atomic mass is 16.2. The van der Waals surface area contributed by atoms with Crippen LogP contribution in [0.2, 0.25) is 0 Å². The number of aliphatic imine (C=N–C) groups is 1. The van der Waals surface area contributed by atoms with Gasteiger partial charge < -0.3 is 21.7 Å². The largest absolute Gasteiger partial charge is 0.368 e. The summed E-state index contributed by atoms with van der Waals surface area (Å²) in [5.74, 6) is -0.0936. The Morgan fingerprint density at radius 2 is 1.85 bits per heavy atom. The lowest BCUT2D eigenvalue weighted by atomic mass is 9.67. The normalized spacial score (nSPS) is 15.7. The average molecular weight is 359 g/mol. The van der Waals surface area contributed by atoms with E-state index >= 15 is 0 Å². The standard InChI is InChI=1S/C19H29N5O2/c1-3-19(9-4-10-19)13-24-18(21-2)23-11-14-5-7-15(8-6-14)17(26)22-12-16(20)25/h5-8H,3-4,9-13H2,1-2H3,(H2,20,25)(H,22,26)(H2,21,23,24). The van der Waals surface area contributed by atoms with Crippen molar-refractivity contribution in [3.63, 3.8) is 0 Å². The van der Waals surface area contributed by atoms with Crippen molar-refractivity contribution in [1.29, 1.82) is 0 Å². The quantitative estimate of drug-likeness (QED) is 0.412. The van der Waals surface area contributed by atoms with Crippen LogP contribution in [0.25, 0.3) is 0 Å². The molecule has 7 nitrogen and oxygen atoms in total. The number of guanidine groups is 1. The van der Waals surface area contributed by atoms with E-state index in [1.165, 1.54) is 25.7 Å². The van der Waals surface area contributed by atoms with Crippen LogP contribution in [-0.4, -0.2) is 37.9 Å². The number of primary amides is 1. The molecular formula is C19H29N5O2. The summed E-state index contributed by atoms with van der Waals surface area (Å²) in [5.41, 5.74) is 6.97. The fraction of sp³-hybridized carbons (Fsp3) is 0.526. The number of nitrogens with two attached hydrogens (primary N) is 1. The van der Waals surface area contributed by atoms with Crippen molar-refractivity contribution in [2.24, 2.45) is 16.1 Å². The first-order valence-electron chi connectivity index (χ1n) is 9.08. The lowest BCUT2D eigenvalue weighted by molar-refractivity contribution is -0.117. The summed E-state index contributed by atoms with van der Waals surface area (Å²) in [5, 5.41) is 9.18. The molecule has 0 aromatic heterocycles. The Balaban J connectivity index is 1.80. The third-order valence-corrected chi connectivity index (χ3v) is 5.12. The van der Waals surface area contributed by atoms with Gasteiger partial charge in [0.05, 0.1) is 6.54 Å². The molecule has 26 heavy (non-hydrogen) atoms. The van der Waals surface area contributed by atoms with E-state index in [-0.39, 0.29) is 12.5 Å². The average Bonchev–Trinajstić information content (AvgIpc) is 2.62. The van der Waals surface area contributed by atoms with Crippen molar-refractivity contribution >= 4 is 17.8 Å². The van der Waals surface area contributed by atoms with Crippen LogP contribution >= 0.6 is 0 Å². The second-order valence-corrected chi connectivity index (χ2v) is 6.83. The number of amides is 2. The minimum absolute atomic E-state index is 0.163. The minimum atomic E-state index is -0.565. The summed E-state index contributed by atoms with van der Waals surface area (Å²) < 4.78 is 0. The lowest BCUT2D eigenvalue weighted by Crippen LogP contribution is -2.46. The van der Waals surface area contributed by atoms with Gasteiger partial charge in [-0.25, -0.2) is 0 Å². The highest BCUT2D eigenvalue weighted by Gasteiger charge is 2.34. The highest BCUT2D eigenvalue weighted by Crippen LogP contribution is 2.42. The predicted octanol–water partition coefficient (Wildman–Crippen LogP) is 1.15. The van der Waals surface area contributed by atoms with E-state index in [2.05, 4.69) is 27.9 Å². The number of carbonyl (C=O) groups excluding carboxylic acids is 2. The SMILES string of the molecule is CCC1(CNC(=NC)NCc2ccc(C(=O)NCC(N)=O)cc2)CCC1. The van der Waals surface area contributed by atoms with Gasteiger partial charge in [0.2, 0.25) is 5.91 Å². The first-order valence-corrected chi connectivity index (χ1v) is 9.08. The molecule has 1 aliphatic carbocycles. The maximum atomic E-state index is 11.9. The van der Waals surface area contributed by atoms with E-state index in [0.29, 0.717) is 17.5 Å². The Hall–Kier alpha value is -2.57. The zero-order valence-electron chi connectivity index (χ0n) is 15.6. The molecule has 0 aliphatic heterocycles. The fourth-order valence-corrected chi connectivity index (χ4v) is 3.05. The van der Waals surface area contributed by atoms with Crippen LogP contribution in [0.5, 0.6) is 0 Å². The van der Waals surface area contributed by atoms with E-state index in [0.717, 1.165) is 18.1 Å². The summed E-state index contributed by atoms with van der Waals surface area (Å²) in [6.45, 7) is 3.64. The number of carbonyl (C=O) groups is 2. The molecule has 0 saturated heterocycles. The van der Waals surface area contributed by atoms with Crippen molar-refractivity contribution < 1.29 is 9.59 Å². The lowest BCUT2D eigenvalue weighted by Gasteiger charge is -2.41. The van der Waals surface area contributed by atoms with E-state index in [9.17, 15) is 9.59 Å². The Labute approximate surface area is 154 Å². The van der Waals surface area contributed by atoms with E-state index in [1.54, 1.807) is 19.2 Å². The van der Waals surface area contributed by atoms with Gasteiger partial charge in [0, 0.05) is 25.7 Å². The highest BCUT2D eigenvalue weighted by molar-refractivity contribution is 5.96. The summed E-state index contributed by atoms with van der Waals surface area (Å²) in [6, 6.07) is 7.20. The molecule has 1 saturated carbocycles. The first-order chi connectivity index (χ1) is 12.5. The molecule has 142 valence electrons. The zero-order valence-corrected chi connectivity index (χ0v) is 15.6. The maximum absolute atomic E-state index is 11.9. The van der Waals surface area contributed by atoms with Gasteiger partial charge in [-0.05, 0) is 42.4 Å². The second kappa shape index (κ2) is 9.22. The van der Waals surface area contributed by atoms with Gasteiger partial charge in [0.1, 0.15) is 0 Å². The van der Waals surface area contributed by atoms with Gasteiger partial charge in [0.15, 0.2) is 5.96 Å². The molecule has 1 aromatic carbocycles. The Morgan fingerprint density at radius 3 is 2.35 bits per heavy atom. The number of nitrogens with one attached hydrogen (secondary N) is 3. The third kappa shape index (κ3) is 5.47. The Kier molecular flexibility index (Phi) is 7.00. The molecule has 1 aromatic rings. The molecule has 0 atom stereocenters. The molecule has 0 unspecified atom stereocenters. The molecule has 1 fully saturated rings. The molecule has 1 aliphatic rings. The number of hydrogen-bond acceptors (Lipinski definition) is 3. The molecule has 0 radical (unpaired) electrons. The molecule has 0 bridgehead atoms. The first kappa shape index (κ1) is 19.8. The van der Waals surface area contributed by atoms with Crippen LogP contribution in [0.3, 0.4) is 0 Å². The monoisotopic (exact) mass is 359 g/mol. The number of nitrogens with zero attached hydrogens (tertiary/aromatic N) is 1. The smallest absolute Gasteiger partial charge is 0.251 e. The number of rotatable bonds is 8. The van der Waals surface area contributed by atoms with Crippen LogP contribution in [0.4, 0.5) is 0 Å². The van der Waals surface area contributed by atoms with Crippen molar-refractivity contribution in [2.75, 3.05) is 20.1 Å². The van der Waals surface area contributed by atoms with Crippen LogP contribution < -0.4 is 21.7 Å². The topological polar surface area (TPSA) is 109 Å². The molecule has 2 amide bonds. The van der Waals surface area contributed by atoms with Gasteiger partial charge in [-0.1, -0.05) is 25.5 Å². The molecule has 0 spiro atoms. The van der Waals surface area contributed by atoms with E-state index < -0.39 is 5.91 Å². The Bertz CT molecular complexity index is 645. The van der Waals surface area contributed by atoms with Crippen LogP contribution in [0, 0.1) is 5.41 Å². The summed E-state index contributed by atoms with van der Waals surface area (Å²) in [4.78, 5) is 26.8. The number of benzene rings is 1. The van der Waals surface area contributed by atoms with Crippen molar-refractivity contribution in [3.05, 3.63) is 35.4 Å². The van der Waals surface area contributed by atoms with Crippen LogP contribution in [-0.2, 0) is 11.3 Å². The molecular weight excluding hydrogens is 330 g/mol. The van der Waals surface area contributed by atoms with Crippen LogP contribution in [0.15, 0.2) is 29.3 Å². The second-order valence-electron chi connectivity index (χ2n) is 6.83. The number of hydrogen-bond donors (Lipinski definition) is 4. The molecule has 5 N–H and O–H groups in total. The van der Waals surface area contributed by atoms with Crippen LogP contribution in [0.1, 0.15) is 48.5 Å². The van der Waals surface area contributed by atoms with E-state index in [1.807, 2.05) is 12.1 Å². The third-order valence-electron chi connectivity index (χ3n) is 5.12. The zero-order chi connectivity index (χ0) is 19.0. The van der Waals surface area contributed by atoms with E-state index in [4.69, 9.17) is 5.73 Å². The van der Waals surface area contributed by atoms with Gasteiger partial charge >= 0.3 is 0 Å². The van der Waals surface area contributed by atoms with Gasteiger partial charge in [-0.15, -0.1) is 0 Å². The molecule has 0 heterocycles. The maximum Gasteiger partial charge on any atom is 0.251 e. The Morgan fingerprint density at radius 1 is 1.15 bits per heavy atom. The summed E-state index contributed by atoms with van der Waals surface area (Å²) >= 11 is 0. The minimum Gasteiger partial charge on any atom is -0.368 e. The van der Waals surface area contributed by atoms with Gasteiger partial charge in [-0.3, -0.25) is 14.6 Å². The molecule has 7 heteroatoms. The fourth-order valence-electron chi connectivity index (χ4n) is 3.05. The van der Waals surface area contributed by atoms with Crippen molar-refractivity contribution in [2.45, 2.75) is 39.2 Å². The van der Waals surface area contributed by atoms with Crippen molar-refractivity contribution in [3.8, 4) is 0 Å². The van der Waals surface area contributed by atoms with Crippen molar-refractivity contribution in [1.82, 2.24) is 16.0 Å². The van der Waals surface area contributed by atoms with Gasteiger partial charge in [-0.2, -0.15) is 0 Å². The molecule has 2 rings (SSSR count). The predicted molar refractivity (Wildman–Crippen MR) is 103 cm³/mol.